The molecule has 0 spiro atoms. The summed E-state index contributed by atoms with van der Waals surface area (Å²) in [5, 5.41) is 13.2. The number of benzene rings is 3. The second-order valence-electron chi connectivity index (χ2n) is 7.94. The number of furan rings is 1. The molecule has 0 aliphatic rings. The summed E-state index contributed by atoms with van der Waals surface area (Å²) >= 11 is 1.23. The monoisotopic (exact) mass is 473 g/mol. The number of nitrogen functional groups attached to an aromatic ring is 1. The van der Waals surface area contributed by atoms with Gasteiger partial charge in [-0.2, -0.15) is 0 Å². The van der Waals surface area contributed by atoms with Crippen molar-refractivity contribution in [3.63, 3.8) is 0 Å². The summed E-state index contributed by atoms with van der Waals surface area (Å²) in [5.41, 5.74) is 3.97. The van der Waals surface area contributed by atoms with E-state index in [1.54, 1.807) is 20.1 Å². The van der Waals surface area contributed by atoms with Crippen molar-refractivity contribution in [2.24, 2.45) is 0 Å². The molecule has 3 aromatic carbocycles. The number of nitrogens with two attached hydrogens (primary N) is 1. The maximum atomic E-state index is 13.0. The largest absolute Gasteiger partial charge is 0.495 e. The van der Waals surface area contributed by atoms with Crippen LogP contribution in [0.5, 0.6) is 5.75 Å². The molecule has 1 atom stereocenters. The summed E-state index contributed by atoms with van der Waals surface area (Å²) in [5.74, 6) is 7.09. The third-order valence-corrected chi connectivity index (χ3v) is 6.64. The molecule has 3 N–H and O–H groups in total. The number of aryl methyl sites for hydroxylation is 1. The zero-order valence-electron chi connectivity index (χ0n) is 18.9. The maximum absolute atomic E-state index is 13.0. The minimum Gasteiger partial charge on any atom is -0.495 e. The van der Waals surface area contributed by atoms with E-state index in [0.29, 0.717) is 28.0 Å². The lowest BCUT2D eigenvalue weighted by Crippen LogP contribution is -2.24. The Bertz CT molecular complexity index is 1510. The van der Waals surface area contributed by atoms with Crippen molar-refractivity contribution in [2.75, 3.05) is 18.3 Å². The van der Waals surface area contributed by atoms with Crippen LogP contribution in [0.25, 0.3) is 33.3 Å². The molecule has 9 heteroatoms. The van der Waals surface area contributed by atoms with Gasteiger partial charge in [-0.3, -0.25) is 4.79 Å². The lowest BCUT2D eigenvalue weighted by molar-refractivity contribution is -0.115. The van der Waals surface area contributed by atoms with E-state index in [-0.39, 0.29) is 5.91 Å². The molecule has 0 aliphatic heterocycles. The van der Waals surface area contributed by atoms with Gasteiger partial charge in [-0.15, -0.1) is 10.2 Å². The second kappa shape index (κ2) is 8.75. The molecular weight excluding hydrogens is 450 g/mol. The number of carbonyl (C=O) groups excluding carboxylic acids is 1. The first-order chi connectivity index (χ1) is 16.4. The van der Waals surface area contributed by atoms with Crippen LogP contribution in [-0.2, 0) is 4.79 Å². The standard InChI is InChI=1S/C25H23N5O3S/c1-14-8-10-16(11-9-14)23-28-29-25(30(23)26)34-15(2)24(31)27-19-13-21-18(12-22(19)32-3)17-6-4-5-7-20(17)33-21/h4-13,15H,26H2,1-3H3,(H,27,31). The SMILES string of the molecule is COc1cc2c(cc1NC(=O)C(C)Sc1nnc(-c3ccc(C)cc3)n1N)oc1ccccc12. The van der Waals surface area contributed by atoms with Gasteiger partial charge in [-0.1, -0.05) is 59.8 Å². The van der Waals surface area contributed by atoms with Crippen LogP contribution >= 0.6 is 11.8 Å². The van der Waals surface area contributed by atoms with Crippen molar-refractivity contribution in [3.8, 4) is 17.1 Å². The molecule has 1 amide bonds. The molecule has 2 heterocycles. The molecule has 2 aromatic heterocycles. The molecule has 172 valence electrons. The number of thioether (sulfide) groups is 1. The van der Waals surface area contributed by atoms with Crippen molar-refractivity contribution in [1.82, 2.24) is 14.9 Å². The highest BCUT2D eigenvalue weighted by atomic mass is 32.2. The first kappa shape index (κ1) is 21.8. The van der Waals surface area contributed by atoms with E-state index in [4.69, 9.17) is 15.0 Å². The van der Waals surface area contributed by atoms with Gasteiger partial charge in [0.2, 0.25) is 11.1 Å². The zero-order valence-corrected chi connectivity index (χ0v) is 19.7. The number of ether oxygens (including phenoxy) is 1. The van der Waals surface area contributed by atoms with Crippen LogP contribution in [-0.4, -0.2) is 33.1 Å². The molecule has 1 unspecified atom stereocenters. The van der Waals surface area contributed by atoms with Gasteiger partial charge in [0, 0.05) is 22.4 Å². The molecular formula is C25H23N5O3S. The smallest absolute Gasteiger partial charge is 0.237 e. The number of fused-ring (bicyclic) bond motifs is 3. The highest BCUT2D eigenvalue weighted by Gasteiger charge is 2.22. The second-order valence-corrected chi connectivity index (χ2v) is 9.25. The molecule has 0 saturated carbocycles. The van der Waals surface area contributed by atoms with E-state index in [0.717, 1.165) is 27.5 Å². The highest BCUT2D eigenvalue weighted by Crippen LogP contribution is 2.37. The van der Waals surface area contributed by atoms with Gasteiger partial charge < -0.3 is 20.3 Å². The predicted molar refractivity (Wildman–Crippen MR) is 135 cm³/mol. The summed E-state index contributed by atoms with van der Waals surface area (Å²) < 4.78 is 12.9. The van der Waals surface area contributed by atoms with Crippen molar-refractivity contribution in [2.45, 2.75) is 24.3 Å². The van der Waals surface area contributed by atoms with Gasteiger partial charge in [0.15, 0.2) is 5.82 Å². The van der Waals surface area contributed by atoms with Crippen LogP contribution in [0, 0.1) is 6.92 Å². The van der Waals surface area contributed by atoms with Gasteiger partial charge in [-0.05, 0) is 26.0 Å². The van der Waals surface area contributed by atoms with Crippen molar-refractivity contribution >= 4 is 45.3 Å². The number of anilines is 1. The van der Waals surface area contributed by atoms with Crippen molar-refractivity contribution < 1.29 is 13.9 Å². The molecule has 5 rings (SSSR count). The summed E-state index contributed by atoms with van der Waals surface area (Å²) in [6.07, 6.45) is 0. The first-order valence-electron chi connectivity index (χ1n) is 10.7. The van der Waals surface area contributed by atoms with Gasteiger partial charge in [0.1, 0.15) is 16.9 Å². The summed E-state index contributed by atoms with van der Waals surface area (Å²) in [7, 11) is 1.57. The van der Waals surface area contributed by atoms with Crippen molar-refractivity contribution in [1.29, 1.82) is 0 Å². The molecule has 34 heavy (non-hydrogen) atoms. The predicted octanol–water partition coefficient (Wildman–Crippen LogP) is 4.99. The Morgan fingerprint density at radius 1 is 1.09 bits per heavy atom. The van der Waals surface area contributed by atoms with Gasteiger partial charge >= 0.3 is 0 Å². The Labute approximate surface area is 200 Å². The Morgan fingerprint density at radius 3 is 2.62 bits per heavy atom. The van der Waals surface area contributed by atoms with Crippen LogP contribution in [0.3, 0.4) is 0 Å². The zero-order chi connectivity index (χ0) is 23.8. The number of aromatic nitrogens is 3. The third kappa shape index (κ3) is 3.94. The fourth-order valence-corrected chi connectivity index (χ4v) is 4.49. The highest BCUT2D eigenvalue weighted by molar-refractivity contribution is 8.00. The minimum atomic E-state index is -0.492. The number of nitrogens with zero attached hydrogens (tertiary/aromatic N) is 3. The third-order valence-electron chi connectivity index (χ3n) is 5.58. The average Bonchev–Trinajstić information content (AvgIpc) is 3.38. The molecule has 8 nitrogen and oxygen atoms in total. The number of amides is 1. The number of carbonyl (C=O) groups is 1. The average molecular weight is 474 g/mol. The van der Waals surface area contributed by atoms with Gasteiger partial charge in [0.25, 0.3) is 0 Å². The number of nitrogens with one attached hydrogen (secondary N) is 1. The van der Waals surface area contributed by atoms with E-state index in [1.165, 1.54) is 16.4 Å². The molecule has 0 aliphatic carbocycles. The normalized spacial score (nSPS) is 12.2. The topological polar surface area (TPSA) is 108 Å². The van der Waals surface area contributed by atoms with Gasteiger partial charge in [-0.25, -0.2) is 4.68 Å². The molecule has 0 radical (unpaired) electrons. The number of para-hydroxylation sites is 1. The van der Waals surface area contributed by atoms with Crippen LogP contribution < -0.4 is 15.9 Å². The van der Waals surface area contributed by atoms with Crippen LogP contribution in [0.2, 0.25) is 0 Å². The fourth-order valence-electron chi connectivity index (χ4n) is 3.72. The minimum absolute atomic E-state index is 0.223. The lowest BCUT2D eigenvalue weighted by Gasteiger charge is -2.14. The van der Waals surface area contributed by atoms with E-state index in [2.05, 4.69) is 15.5 Å². The van der Waals surface area contributed by atoms with Crippen LogP contribution in [0.4, 0.5) is 5.69 Å². The number of hydrogen-bond donors (Lipinski definition) is 2. The number of methoxy groups -OCH3 is 1. The van der Waals surface area contributed by atoms with Crippen LogP contribution in [0.1, 0.15) is 12.5 Å². The molecule has 0 saturated heterocycles. The summed E-state index contributed by atoms with van der Waals surface area (Å²) in [6.45, 7) is 3.80. The van der Waals surface area contributed by atoms with E-state index in [1.807, 2.05) is 61.5 Å². The fraction of sp³-hybridized carbons (Fsp3) is 0.160. The van der Waals surface area contributed by atoms with Crippen LogP contribution in [0.15, 0.2) is 70.2 Å². The van der Waals surface area contributed by atoms with Crippen molar-refractivity contribution in [3.05, 3.63) is 66.2 Å². The lowest BCUT2D eigenvalue weighted by atomic mass is 10.1. The van der Waals surface area contributed by atoms with E-state index < -0.39 is 5.25 Å². The first-order valence-corrected chi connectivity index (χ1v) is 11.6. The van der Waals surface area contributed by atoms with E-state index >= 15 is 0 Å². The van der Waals surface area contributed by atoms with E-state index in [9.17, 15) is 4.79 Å². The maximum Gasteiger partial charge on any atom is 0.237 e. The molecule has 0 bridgehead atoms. The molecule has 5 aromatic rings. The summed E-state index contributed by atoms with van der Waals surface area (Å²) in [4.78, 5) is 13.0. The Balaban J connectivity index is 1.36. The quantitative estimate of drug-likeness (QED) is 0.264. The summed E-state index contributed by atoms with van der Waals surface area (Å²) in [6, 6.07) is 19.3. The Hall–Kier alpha value is -3.98. The Morgan fingerprint density at radius 2 is 1.85 bits per heavy atom. The Kier molecular flexibility index (Phi) is 5.62. The number of hydrogen-bond acceptors (Lipinski definition) is 7. The molecule has 0 fully saturated rings. The number of rotatable bonds is 6. The van der Waals surface area contributed by atoms with Gasteiger partial charge in [0.05, 0.1) is 18.0 Å².